The fourth-order valence-electron chi connectivity index (χ4n) is 3.41. The van der Waals surface area contributed by atoms with Gasteiger partial charge in [0.15, 0.2) is 0 Å². The van der Waals surface area contributed by atoms with Crippen molar-refractivity contribution in [2.45, 2.75) is 6.42 Å². The van der Waals surface area contributed by atoms with Gasteiger partial charge in [0.1, 0.15) is 0 Å². The number of hydrogen-bond acceptors (Lipinski definition) is 3. The number of imide groups is 1. The molecule has 2 amide bonds. The Morgan fingerprint density at radius 1 is 0.759 bits per heavy atom. The molecule has 0 atom stereocenters. The first-order chi connectivity index (χ1) is 14.1. The van der Waals surface area contributed by atoms with Crippen molar-refractivity contribution in [3.63, 3.8) is 0 Å². The minimum Gasteiger partial charge on any atom is -0.398 e. The van der Waals surface area contributed by atoms with Gasteiger partial charge in [-0.05, 0) is 39.6 Å². The van der Waals surface area contributed by atoms with Gasteiger partial charge in [-0.1, -0.05) is 78.9 Å². The standard InChI is InChI=1S/C25H20N2O2/c26-23-11-4-3-9-22(23)25(29)27-24(28)16-17-12-14-19(15-13-17)21-10-5-7-18-6-1-2-8-20(18)21/h1-15H,16,26H2,(H,27,28,29). The molecular formula is C25H20N2O2. The summed E-state index contributed by atoms with van der Waals surface area (Å²) in [6.45, 7) is 0. The smallest absolute Gasteiger partial charge is 0.259 e. The van der Waals surface area contributed by atoms with E-state index in [9.17, 15) is 9.59 Å². The third-order valence-corrected chi connectivity index (χ3v) is 4.88. The van der Waals surface area contributed by atoms with Gasteiger partial charge in [0.05, 0.1) is 12.0 Å². The zero-order valence-corrected chi connectivity index (χ0v) is 15.8. The summed E-state index contributed by atoms with van der Waals surface area (Å²) in [7, 11) is 0. The molecule has 3 N–H and O–H groups in total. The first-order valence-corrected chi connectivity index (χ1v) is 9.37. The van der Waals surface area contributed by atoms with Gasteiger partial charge in [0, 0.05) is 5.69 Å². The number of amides is 2. The van der Waals surface area contributed by atoms with Crippen LogP contribution in [0.4, 0.5) is 5.69 Å². The average Bonchev–Trinajstić information content (AvgIpc) is 2.74. The number of nitrogens with one attached hydrogen (secondary N) is 1. The second-order valence-electron chi connectivity index (χ2n) is 6.86. The van der Waals surface area contributed by atoms with Crippen LogP contribution in [0.3, 0.4) is 0 Å². The van der Waals surface area contributed by atoms with E-state index in [0.29, 0.717) is 11.3 Å². The molecule has 4 rings (SSSR count). The number of carbonyl (C=O) groups excluding carboxylic acids is 2. The Kier molecular flexibility index (Phi) is 5.08. The fourth-order valence-corrected chi connectivity index (χ4v) is 3.41. The Morgan fingerprint density at radius 2 is 1.45 bits per heavy atom. The second kappa shape index (κ2) is 7.98. The van der Waals surface area contributed by atoms with Crippen molar-refractivity contribution in [2.75, 3.05) is 5.73 Å². The van der Waals surface area contributed by atoms with E-state index in [2.05, 4.69) is 29.6 Å². The molecule has 0 heterocycles. The topological polar surface area (TPSA) is 72.2 Å². The summed E-state index contributed by atoms with van der Waals surface area (Å²) in [5.74, 6) is -0.850. The molecule has 0 aromatic heterocycles. The Morgan fingerprint density at radius 3 is 2.24 bits per heavy atom. The summed E-state index contributed by atoms with van der Waals surface area (Å²) in [5, 5.41) is 4.77. The Labute approximate surface area is 169 Å². The normalized spacial score (nSPS) is 10.6. The lowest BCUT2D eigenvalue weighted by Gasteiger charge is -2.09. The van der Waals surface area contributed by atoms with Crippen LogP contribution >= 0.6 is 0 Å². The third-order valence-electron chi connectivity index (χ3n) is 4.88. The minimum absolute atomic E-state index is 0.119. The van der Waals surface area contributed by atoms with E-state index in [1.165, 1.54) is 10.8 Å². The molecular weight excluding hydrogens is 360 g/mol. The number of carbonyl (C=O) groups is 2. The van der Waals surface area contributed by atoms with Crippen molar-refractivity contribution >= 4 is 28.3 Å². The van der Waals surface area contributed by atoms with Crippen molar-refractivity contribution in [2.24, 2.45) is 0 Å². The molecule has 0 saturated carbocycles. The van der Waals surface area contributed by atoms with E-state index in [-0.39, 0.29) is 12.3 Å². The van der Waals surface area contributed by atoms with Gasteiger partial charge in [-0.3, -0.25) is 14.9 Å². The van der Waals surface area contributed by atoms with Crippen molar-refractivity contribution < 1.29 is 9.59 Å². The molecule has 0 saturated heterocycles. The molecule has 0 spiro atoms. The fraction of sp³-hybridized carbons (Fsp3) is 0.0400. The van der Waals surface area contributed by atoms with Gasteiger partial charge in [-0.15, -0.1) is 0 Å². The Balaban J connectivity index is 1.48. The number of fused-ring (bicyclic) bond motifs is 1. The van der Waals surface area contributed by atoms with E-state index in [1.54, 1.807) is 24.3 Å². The highest BCUT2D eigenvalue weighted by Gasteiger charge is 2.13. The Hall–Kier alpha value is -3.92. The highest BCUT2D eigenvalue weighted by molar-refractivity contribution is 6.07. The number of nitrogens with two attached hydrogens (primary N) is 1. The van der Waals surface area contributed by atoms with Crippen LogP contribution in [0.25, 0.3) is 21.9 Å². The van der Waals surface area contributed by atoms with Gasteiger partial charge in [-0.2, -0.15) is 0 Å². The number of nitrogen functional groups attached to an aromatic ring is 1. The summed E-state index contributed by atoms with van der Waals surface area (Å²) < 4.78 is 0. The zero-order valence-electron chi connectivity index (χ0n) is 15.8. The summed E-state index contributed by atoms with van der Waals surface area (Å²) in [4.78, 5) is 24.5. The number of rotatable bonds is 4. The summed E-state index contributed by atoms with van der Waals surface area (Å²) in [5.41, 5.74) is 9.50. The van der Waals surface area contributed by atoms with Crippen molar-refractivity contribution in [1.82, 2.24) is 5.32 Å². The maximum atomic E-state index is 12.3. The SMILES string of the molecule is Nc1ccccc1C(=O)NC(=O)Cc1ccc(-c2cccc3ccccc23)cc1. The van der Waals surface area contributed by atoms with Gasteiger partial charge < -0.3 is 5.73 Å². The van der Waals surface area contributed by atoms with Crippen LogP contribution in [-0.4, -0.2) is 11.8 Å². The van der Waals surface area contributed by atoms with E-state index >= 15 is 0 Å². The lowest BCUT2D eigenvalue weighted by atomic mass is 9.97. The maximum absolute atomic E-state index is 12.3. The molecule has 4 nitrogen and oxygen atoms in total. The highest BCUT2D eigenvalue weighted by Crippen LogP contribution is 2.28. The molecule has 0 fully saturated rings. The van der Waals surface area contributed by atoms with Gasteiger partial charge in [0.2, 0.25) is 5.91 Å². The van der Waals surface area contributed by atoms with Crippen LogP contribution in [0.1, 0.15) is 15.9 Å². The average molecular weight is 380 g/mol. The summed E-state index contributed by atoms with van der Waals surface area (Å²) >= 11 is 0. The molecule has 0 bridgehead atoms. The first kappa shape index (κ1) is 18.4. The molecule has 0 radical (unpaired) electrons. The lowest BCUT2D eigenvalue weighted by Crippen LogP contribution is -2.32. The quantitative estimate of drug-likeness (QED) is 0.509. The number of anilines is 1. The number of benzene rings is 4. The second-order valence-corrected chi connectivity index (χ2v) is 6.86. The molecule has 0 aliphatic carbocycles. The van der Waals surface area contributed by atoms with Crippen molar-refractivity contribution in [3.05, 3.63) is 102 Å². The predicted molar refractivity (Wildman–Crippen MR) is 116 cm³/mol. The third kappa shape index (κ3) is 4.01. The molecule has 4 aromatic rings. The molecule has 142 valence electrons. The zero-order chi connectivity index (χ0) is 20.2. The summed E-state index contributed by atoms with van der Waals surface area (Å²) in [6.07, 6.45) is 0.119. The van der Waals surface area contributed by atoms with Crippen LogP contribution in [0, 0.1) is 0 Å². The lowest BCUT2D eigenvalue weighted by molar-refractivity contribution is -0.119. The molecule has 4 heteroatoms. The van der Waals surface area contributed by atoms with E-state index in [1.807, 2.05) is 42.5 Å². The van der Waals surface area contributed by atoms with Crippen LogP contribution in [0.5, 0.6) is 0 Å². The van der Waals surface area contributed by atoms with Crippen LogP contribution < -0.4 is 11.1 Å². The van der Waals surface area contributed by atoms with Gasteiger partial charge >= 0.3 is 0 Å². The van der Waals surface area contributed by atoms with Crippen molar-refractivity contribution in [1.29, 1.82) is 0 Å². The maximum Gasteiger partial charge on any atom is 0.259 e. The van der Waals surface area contributed by atoms with Crippen LogP contribution in [0.2, 0.25) is 0 Å². The number of hydrogen-bond donors (Lipinski definition) is 2. The highest BCUT2D eigenvalue weighted by atomic mass is 16.2. The van der Waals surface area contributed by atoms with E-state index in [0.717, 1.165) is 16.7 Å². The molecule has 0 aliphatic heterocycles. The molecule has 0 unspecified atom stereocenters. The monoisotopic (exact) mass is 380 g/mol. The van der Waals surface area contributed by atoms with E-state index in [4.69, 9.17) is 5.73 Å². The van der Waals surface area contributed by atoms with Crippen LogP contribution in [-0.2, 0) is 11.2 Å². The molecule has 29 heavy (non-hydrogen) atoms. The number of para-hydroxylation sites is 1. The largest absolute Gasteiger partial charge is 0.398 e. The van der Waals surface area contributed by atoms with Crippen LogP contribution in [0.15, 0.2) is 91.0 Å². The van der Waals surface area contributed by atoms with Crippen molar-refractivity contribution in [3.8, 4) is 11.1 Å². The first-order valence-electron chi connectivity index (χ1n) is 9.37. The molecule has 0 aliphatic rings. The van der Waals surface area contributed by atoms with Gasteiger partial charge in [0.25, 0.3) is 5.91 Å². The Bertz CT molecular complexity index is 1190. The summed E-state index contributed by atoms with van der Waals surface area (Å²) in [6, 6.07) is 29.0. The van der Waals surface area contributed by atoms with E-state index < -0.39 is 5.91 Å². The molecule has 4 aromatic carbocycles. The predicted octanol–water partition coefficient (Wildman–Crippen LogP) is 4.59. The van der Waals surface area contributed by atoms with Gasteiger partial charge in [-0.25, -0.2) is 0 Å². The minimum atomic E-state index is -0.486.